The molecule has 0 aliphatic rings. The van der Waals surface area contributed by atoms with Crippen LogP contribution in [0.15, 0.2) is 16.4 Å². The van der Waals surface area contributed by atoms with E-state index >= 15 is 0 Å². The predicted octanol–water partition coefficient (Wildman–Crippen LogP) is 1.82. The maximum Gasteiger partial charge on any atom is 0.191 e. The van der Waals surface area contributed by atoms with Crippen molar-refractivity contribution in [2.45, 2.75) is 20.4 Å². The van der Waals surface area contributed by atoms with Crippen molar-refractivity contribution in [1.29, 1.82) is 0 Å². The van der Waals surface area contributed by atoms with Crippen LogP contribution >= 0.6 is 11.3 Å². The Hall–Kier alpha value is -1.03. The number of rotatable bonds is 3. The number of nitrogens with zero attached hydrogens (tertiary/aromatic N) is 2. The van der Waals surface area contributed by atoms with Gasteiger partial charge >= 0.3 is 0 Å². The van der Waals surface area contributed by atoms with E-state index < -0.39 is 0 Å². The molecule has 3 nitrogen and oxygen atoms in total. The largest absolute Gasteiger partial charge is 0.370 e. The highest BCUT2D eigenvalue weighted by atomic mass is 32.1. The zero-order valence-corrected chi connectivity index (χ0v) is 9.77. The number of aliphatic imine (C=N–C) groups is 1. The van der Waals surface area contributed by atoms with Crippen molar-refractivity contribution in [3.63, 3.8) is 0 Å². The van der Waals surface area contributed by atoms with Gasteiger partial charge in [-0.05, 0) is 30.9 Å². The van der Waals surface area contributed by atoms with Gasteiger partial charge in [0.05, 0.1) is 6.54 Å². The van der Waals surface area contributed by atoms with Crippen molar-refractivity contribution in [3.05, 3.63) is 21.9 Å². The summed E-state index contributed by atoms with van der Waals surface area (Å²) in [6.45, 7) is 5.68. The summed E-state index contributed by atoms with van der Waals surface area (Å²) < 4.78 is 0. The highest BCUT2D eigenvalue weighted by Crippen LogP contribution is 2.16. The van der Waals surface area contributed by atoms with Gasteiger partial charge < -0.3 is 10.6 Å². The highest BCUT2D eigenvalue weighted by molar-refractivity contribution is 7.10. The van der Waals surface area contributed by atoms with E-state index in [1.165, 1.54) is 10.4 Å². The molecule has 0 unspecified atom stereocenters. The molecule has 78 valence electrons. The molecule has 0 bridgehead atoms. The first-order valence-corrected chi connectivity index (χ1v) is 5.57. The molecule has 0 radical (unpaired) electrons. The minimum absolute atomic E-state index is 0.611. The molecule has 0 aromatic carbocycles. The molecule has 0 fully saturated rings. The number of hydrogen-bond acceptors (Lipinski definition) is 2. The second kappa shape index (κ2) is 5.00. The molecule has 1 heterocycles. The van der Waals surface area contributed by atoms with Gasteiger partial charge in [0.15, 0.2) is 5.96 Å². The summed E-state index contributed by atoms with van der Waals surface area (Å²) in [7, 11) is 1.97. The van der Waals surface area contributed by atoms with Crippen molar-refractivity contribution in [2.24, 2.45) is 10.7 Å². The van der Waals surface area contributed by atoms with E-state index in [0.717, 1.165) is 13.1 Å². The third kappa shape index (κ3) is 2.73. The number of guanidine groups is 1. The van der Waals surface area contributed by atoms with E-state index in [4.69, 9.17) is 5.73 Å². The van der Waals surface area contributed by atoms with Crippen LogP contribution < -0.4 is 5.73 Å². The summed E-state index contributed by atoms with van der Waals surface area (Å²) in [4.78, 5) is 7.48. The fourth-order valence-corrected chi connectivity index (χ4v) is 2.10. The molecule has 1 aromatic rings. The van der Waals surface area contributed by atoms with Crippen molar-refractivity contribution in [1.82, 2.24) is 4.90 Å². The van der Waals surface area contributed by atoms with Crippen molar-refractivity contribution in [3.8, 4) is 0 Å². The summed E-state index contributed by atoms with van der Waals surface area (Å²) in [6.07, 6.45) is 0. The SMILES string of the molecule is CCN=C(N)N(C)Cc1sccc1C. The molecule has 0 spiro atoms. The molecule has 4 heteroatoms. The van der Waals surface area contributed by atoms with E-state index in [9.17, 15) is 0 Å². The molecular weight excluding hydrogens is 194 g/mol. The average molecular weight is 211 g/mol. The van der Waals surface area contributed by atoms with E-state index in [0.29, 0.717) is 5.96 Å². The first-order valence-electron chi connectivity index (χ1n) is 4.69. The van der Waals surface area contributed by atoms with Gasteiger partial charge in [0.1, 0.15) is 0 Å². The average Bonchev–Trinajstić information content (AvgIpc) is 2.52. The van der Waals surface area contributed by atoms with Gasteiger partial charge in [-0.2, -0.15) is 0 Å². The fourth-order valence-electron chi connectivity index (χ4n) is 1.15. The van der Waals surface area contributed by atoms with E-state index in [1.54, 1.807) is 11.3 Å². The quantitative estimate of drug-likeness (QED) is 0.612. The Morgan fingerprint density at radius 1 is 1.64 bits per heavy atom. The Labute approximate surface area is 89.3 Å². The van der Waals surface area contributed by atoms with Gasteiger partial charge in [-0.3, -0.25) is 4.99 Å². The molecule has 0 amide bonds. The standard InChI is InChI=1S/C10H17N3S/c1-4-12-10(11)13(3)7-9-8(2)5-6-14-9/h5-6H,4,7H2,1-3H3,(H2,11,12). The van der Waals surface area contributed by atoms with Gasteiger partial charge in [0.2, 0.25) is 0 Å². The van der Waals surface area contributed by atoms with Crippen LogP contribution in [0.4, 0.5) is 0 Å². The third-order valence-electron chi connectivity index (χ3n) is 2.06. The molecule has 0 aliphatic heterocycles. The Kier molecular flexibility index (Phi) is 3.95. The first kappa shape index (κ1) is 11.0. The van der Waals surface area contributed by atoms with E-state index in [1.807, 2.05) is 18.9 Å². The van der Waals surface area contributed by atoms with Crippen molar-refractivity contribution < 1.29 is 0 Å². The number of aryl methyl sites for hydroxylation is 1. The van der Waals surface area contributed by atoms with Crippen LogP contribution in [-0.4, -0.2) is 24.5 Å². The molecule has 0 atom stereocenters. The van der Waals surface area contributed by atoms with Crippen LogP contribution in [0.3, 0.4) is 0 Å². The van der Waals surface area contributed by atoms with Crippen LogP contribution in [0.5, 0.6) is 0 Å². The lowest BCUT2D eigenvalue weighted by atomic mass is 10.3. The van der Waals surface area contributed by atoms with Crippen LogP contribution in [0.25, 0.3) is 0 Å². The topological polar surface area (TPSA) is 41.6 Å². The van der Waals surface area contributed by atoms with Crippen LogP contribution in [-0.2, 0) is 6.54 Å². The van der Waals surface area contributed by atoms with Crippen LogP contribution in [0.1, 0.15) is 17.4 Å². The molecule has 0 saturated carbocycles. The smallest absolute Gasteiger partial charge is 0.191 e. The molecule has 2 N–H and O–H groups in total. The number of hydrogen-bond donors (Lipinski definition) is 1. The Balaban J connectivity index is 2.61. The van der Waals surface area contributed by atoms with Gasteiger partial charge in [-0.15, -0.1) is 11.3 Å². The van der Waals surface area contributed by atoms with Gasteiger partial charge in [-0.25, -0.2) is 0 Å². The van der Waals surface area contributed by atoms with Crippen molar-refractivity contribution in [2.75, 3.05) is 13.6 Å². The van der Waals surface area contributed by atoms with Crippen LogP contribution in [0, 0.1) is 6.92 Å². The third-order valence-corrected chi connectivity index (χ3v) is 3.07. The lowest BCUT2D eigenvalue weighted by molar-refractivity contribution is 0.496. The predicted molar refractivity (Wildman–Crippen MR) is 62.7 cm³/mol. The second-order valence-electron chi connectivity index (χ2n) is 3.22. The van der Waals surface area contributed by atoms with Gasteiger partial charge in [0.25, 0.3) is 0 Å². The zero-order chi connectivity index (χ0) is 10.6. The molecule has 1 aromatic heterocycles. The van der Waals surface area contributed by atoms with Crippen molar-refractivity contribution >= 4 is 17.3 Å². The summed E-state index contributed by atoms with van der Waals surface area (Å²) in [5, 5.41) is 2.10. The van der Waals surface area contributed by atoms with E-state index in [-0.39, 0.29) is 0 Å². The summed E-state index contributed by atoms with van der Waals surface area (Å²) in [6, 6.07) is 2.13. The molecule has 0 saturated heterocycles. The lowest BCUT2D eigenvalue weighted by Crippen LogP contribution is -2.33. The molecule has 1 rings (SSSR count). The minimum atomic E-state index is 0.611. The van der Waals surface area contributed by atoms with Gasteiger partial charge in [0, 0.05) is 18.5 Å². The Morgan fingerprint density at radius 3 is 2.86 bits per heavy atom. The fraction of sp³-hybridized carbons (Fsp3) is 0.500. The number of nitrogens with two attached hydrogens (primary N) is 1. The first-order chi connectivity index (χ1) is 6.65. The second-order valence-corrected chi connectivity index (χ2v) is 4.22. The molecular formula is C10H17N3S. The maximum absolute atomic E-state index is 5.77. The minimum Gasteiger partial charge on any atom is -0.370 e. The number of thiophene rings is 1. The van der Waals surface area contributed by atoms with E-state index in [2.05, 4.69) is 23.4 Å². The highest BCUT2D eigenvalue weighted by Gasteiger charge is 2.05. The van der Waals surface area contributed by atoms with Gasteiger partial charge in [-0.1, -0.05) is 0 Å². The molecule has 0 aliphatic carbocycles. The Bertz CT molecular complexity index is 317. The zero-order valence-electron chi connectivity index (χ0n) is 8.95. The normalized spacial score (nSPS) is 11.8. The monoisotopic (exact) mass is 211 g/mol. The lowest BCUT2D eigenvalue weighted by Gasteiger charge is -2.17. The summed E-state index contributed by atoms with van der Waals surface area (Å²) in [5.74, 6) is 0.611. The van der Waals surface area contributed by atoms with Crippen LogP contribution in [0.2, 0.25) is 0 Å². The Morgan fingerprint density at radius 2 is 2.36 bits per heavy atom. The maximum atomic E-state index is 5.77. The molecule has 14 heavy (non-hydrogen) atoms. The summed E-state index contributed by atoms with van der Waals surface area (Å²) in [5.41, 5.74) is 7.10. The summed E-state index contributed by atoms with van der Waals surface area (Å²) >= 11 is 1.76.